The van der Waals surface area contributed by atoms with E-state index in [1.807, 2.05) is 18.7 Å². The lowest BCUT2D eigenvalue weighted by Crippen LogP contribution is -2.41. The summed E-state index contributed by atoms with van der Waals surface area (Å²) in [5, 5.41) is 3.73. The maximum absolute atomic E-state index is 12.9. The van der Waals surface area contributed by atoms with Crippen LogP contribution in [-0.2, 0) is 11.3 Å². The summed E-state index contributed by atoms with van der Waals surface area (Å²) in [6.07, 6.45) is 3.08. The molecule has 0 radical (unpaired) electrons. The fourth-order valence-electron chi connectivity index (χ4n) is 3.35. The highest BCUT2D eigenvalue weighted by atomic mass is 16.5. The number of benzene rings is 1. The summed E-state index contributed by atoms with van der Waals surface area (Å²) in [5.74, 6) is 0.682. The van der Waals surface area contributed by atoms with E-state index in [2.05, 4.69) is 33.7 Å². The summed E-state index contributed by atoms with van der Waals surface area (Å²) in [4.78, 5) is 18.7. The number of piperidine rings is 1. The molecule has 1 fully saturated rings. The second-order valence-corrected chi connectivity index (χ2v) is 6.42. The number of carbonyl (C=O) groups is 1. The number of hydrogen-bond acceptors (Lipinski definition) is 5. The summed E-state index contributed by atoms with van der Waals surface area (Å²) in [6, 6.07) is 4.14. The van der Waals surface area contributed by atoms with Gasteiger partial charge in [-0.25, -0.2) is 0 Å². The number of amides is 1. The lowest BCUT2D eigenvalue weighted by molar-refractivity contribution is -0.00353. The van der Waals surface area contributed by atoms with Crippen LogP contribution in [0.15, 0.2) is 23.0 Å². The number of aryl methyl sites for hydroxylation is 3. The van der Waals surface area contributed by atoms with E-state index in [9.17, 15) is 4.79 Å². The van der Waals surface area contributed by atoms with Crippen molar-refractivity contribution in [2.45, 2.75) is 46.3 Å². The van der Waals surface area contributed by atoms with Crippen LogP contribution < -0.4 is 0 Å². The van der Waals surface area contributed by atoms with Gasteiger partial charge in [0.05, 0.1) is 6.10 Å². The topological polar surface area (TPSA) is 68.5 Å². The summed E-state index contributed by atoms with van der Waals surface area (Å²) < 4.78 is 10.5. The van der Waals surface area contributed by atoms with E-state index in [4.69, 9.17) is 4.74 Å². The Labute approximate surface area is 141 Å². The Kier molecular flexibility index (Phi) is 4.94. The lowest BCUT2D eigenvalue weighted by atomic mass is 9.97. The van der Waals surface area contributed by atoms with Crippen LogP contribution in [0.5, 0.6) is 0 Å². The largest absolute Gasteiger partial charge is 0.370 e. The molecule has 6 heteroatoms. The molecular weight excluding hydrogens is 306 g/mol. The number of likely N-dealkylation sites (tertiary alicyclic amines) is 1. The van der Waals surface area contributed by atoms with Gasteiger partial charge in [0, 0.05) is 18.7 Å². The molecule has 1 aromatic heterocycles. The van der Waals surface area contributed by atoms with Gasteiger partial charge in [-0.05, 0) is 44.7 Å². The minimum Gasteiger partial charge on any atom is -0.370 e. The van der Waals surface area contributed by atoms with Crippen LogP contribution in [0.2, 0.25) is 0 Å². The molecule has 1 aliphatic rings. The number of ether oxygens (including phenoxy) is 1. The maximum atomic E-state index is 12.9. The molecule has 1 aliphatic heterocycles. The van der Waals surface area contributed by atoms with E-state index in [0.717, 1.165) is 29.5 Å². The summed E-state index contributed by atoms with van der Waals surface area (Å²) >= 11 is 0. The number of aromatic nitrogens is 2. The van der Waals surface area contributed by atoms with Gasteiger partial charge in [-0.3, -0.25) is 4.79 Å². The molecule has 0 atom stereocenters. The van der Waals surface area contributed by atoms with Crippen LogP contribution in [0.25, 0.3) is 0 Å². The molecule has 0 N–H and O–H groups in total. The van der Waals surface area contributed by atoms with Crippen LogP contribution >= 0.6 is 0 Å². The summed E-state index contributed by atoms with van der Waals surface area (Å²) in [6.45, 7) is 7.85. The normalized spacial score (nSPS) is 15.7. The van der Waals surface area contributed by atoms with Crippen LogP contribution in [-0.4, -0.2) is 40.1 Å². The second kappa shape index (κ2) is 7.13. The first-order valence-corrected chi connectivity index (χ1v) is 8.28. The van der Waals surface area contributed by atoms with Crippen molar-refractivity contribution in [1.82, 2.24) is 15.0 Å². The summed E-state index contributed by atoms with van der Waals surface area (Å²) in [5.41, 5.74) is 4.13. The van der Waals surface area contributed by atoms with Crippen molar-refractivity contribution < 1.29 is 14.1 Å². The van der Waals surface area contributed by atoms with E-state index in [0.29, 0.717) is 25.5 Å². The molecule has 6 nitrogen and oxygen atoms in total. The highest BCUT2D eigenvalue weighted by Gasteiger charge is 2.26. The molecule has 2 aromatic rings. The number of rotatable bonds is 4. The molecule has 0 saturated carbocycles. The van der Waals surface area contributed by atoms with Crippen molar-refractivity contribution in [1.29, 1.82) is 0 Å². The Balaban J connectivity index is 1.57. The molecule has 1 saturated heterocycles. The van der Waals surface area contributed by atoms with Crippen molar-refractivity contribution in [3.05, 3.63) is 46.6 Å². The van der Waals surface area contributed by atoms with E-state index < -0.39 is 0 Å². The van der Waals surface area contributed by atoms with E-state index in [1.165, 1.54) is 12.0 Å². The lowest BCUT2D eigenvalue weighted by Gasteiger charge is -2.32. The van der Waals surface area contributed by atoms with Crippen LogP contribution in [0.4, 0.5) is 0 Å². The molecule has 128 valence electrons. The molecule has 24 heavy (non-hydrogen) atoms. The molecule has 0 unspecified atom stereocenters. The van der Waals surface area contributed by atoms with Crippen LogP contribution in [0, 0.1) is 20.8 Å². The van der Waals surface area contributed by atoms with Gasteiger partial charge >= 0.3 is 0 Å². The number of hydrogen-bond donors (Lipinski definition) is 0. The average molecular weight is 329 g/mol. The quantitative estimate of drug-likeness (QED) is 0.863. The van der Waals surface area contributed by atoms with Crippen molar-refractivity contribution in [3.8, 4) is 0 Å². The zero-order valence-corrected chi connectivity index (χ0v) is 14.4. The summed E-state index contributed by atoms with van der Waals surface area (Å²) in [7, 11) is 0. The Morgan fingerprint density at radius 1 is 1.25 bits per heavy atom. The fourth-order valence-corrected chi connectivity index (χ4v) is 3.35. The fraction of sp³-hybridized carbons (Fsp3) is 0.500. The molecule has 3 rings (SSSR count). The molecule has 0 spiro atoms. The predicted octanol–water partition coefficient (Wildman–Crippen LogP) is 2.82. The highest BCUT2D eigenvalue weighted by Crippen LogP contribution is 2.22. The first-order valence-electron chi connectivity index (χ1n) is 8.28. The van der Waals surface area contributed by atoms with Gasteiger partial charge in [-0.1, -0.05) is 22.9 Å². The van der Waals surface area contributed by atoms with Gasteiger partial charge in [-0.2, -0.15) is 4.98 Å². The molecule has 0 aliphatic carbocycles. The van der Waals surface area contributed by atoms with Crippen molar-refractivity contribution >= 4 is 5.91 Å². The second-order valence-electron chi connectivity index (χ2n) is 6.42. The number of carbonyl (C=O) groups excluding carboxylic acids is 1. The molecular formula is C18H23N3O3. The van der Waals surface area contributed by atoms with Crippen molar-refractivity contribution in [3.63, 3.8) is 0 Å². The first-order chi connectivity index (χ1) is 11.5. The SMILES string of the molecule is Cc1cc(C)c(C(=O)N2CCC(OCc3ncon3)CC2)c(C)c1. The van der Waals surface area contributed by atoms with Crippen molar-refractivity contribution in [2.75, 3.05) is 13.1 Å². The Morgan fingerprint density at radius 2 is 1.92 bits per heavy atom. The maximum Gasteiger partial charge on any atom is 0.254 e. The van der Waals surface area contributed by atoms with E-state index in [-0.39, 0.29) is 12.0 Å². The van der Waals surface area contributed by atoms with E-state index >= 15 is 0 Å². The van der Waals surface area contributed by atoms with Crippen LogP contribution in [0.3, 0.4) is 0 Å². The third-order valence-corrected chi connectivity index (χ3v) is 4.48. The standard InChI is InChI=1S/C18H23N3O3/c1-12-8-13(2)17(14(3)9-12)18(22)21-6-4-15(5-7-21)23-10-16-19-11-24-20-16/h8-9,11,15H,4-7,10H2,1-3H3. The Hall–Kier alpha value is -2.21. The van der Waals surface area contributed by atoms with Gasteiger partial charge in [0.1, 0.15) is 6.61 Å². The van der Waals surface area contributed by atoms with Gasteiger partial charge in [-0.15, -0.1) is 0 Å². The zero-order valence-electron chi connectivity index (χ0n) is 14.4. The monoisotopic (exact) mass is 329 g/mol. The third-order valence-electron chi connectivity index (χ3n) is 4.48. The van der Waals surface area contributed by atoms with Crippen molar-refractivity contribution in [2.24, 2.45) is 0 Å². The Morgan fingerprint density at radius 3 is 2.50 bits per heavy atom. The molecule has 0 bridgehead atoms. The number of nitrogens with zero attached hydrogens (tertiary/aromatic N) is 3. The van der Waals surface area contributed by atoms with E-state index in [1.54, 1.807) is 0 Å². The third kappa shape index (κ3) is 3.64. The zero-order chi connectivity index (χ0) is 17.1. The van der Waals surface area contributed by atoms with Gasteiger partial charge in [0.15, 0.2) is 5.82 Å². The molecule has 1 aromatic carbocycles. The van der Waals surface area contributed by atoms with Crippen LogP contribution in [0.1, 0.15) is 45.7 Å². The van der Waals surface area contributed by atoms with Gasteiger partial charge < -0.3 is 14.2 Å². The van der Waals surface area contributed by atoms with Gasteiger partial charge in [0.2, 0.25) is 6.39 Å². The minimum atomic E-state index is 0.126. The highest BCUT2D eigenvalue weighted by molar-refractivity contribution is 5.97. The predicted molar refractivity (Wildman–Crippen MR) is 88.7 cm³/mol. The average Bonchev–Trinajstić information content (AvgIpc) is 3.06. The molecule has 2 heterocycles. The first kappa shape index (κ1) is 16.6. The molecule has 1 amide bonds. The smallest absolute Gasteiger partial charge is 0.254 e. The Bertz CT molecular complexity index is 681. The minimum absolute atomic E-state index is 0.126. The van der Waals surface area contributed by atoms with Gasteiger partial charge in [0.25, 0.3) is 5.91 Å².